The molecular formula is C33H41I2N2O3Ru-. The van der Waals surface area contributed by atoms with Gasteiger partial charge in [0.15, 0.2) is 0 Å². The third-order valence-corrected chi connectivity index (χ3v) is 10.8. The third kappa shape index (κ3) is 8.82. The van der Waals surface area contributed by atoms with E-state index < -0.39 is 8.47 Å². The van der Waals surface area contributed by atoms with Gasteiger partial charge in [-0.05, 0) is 44.2 Å². The maximum atomic E-state index is 10.7. The Balaban J connectivity index is 0.000000241. The maximum absolute atomic E-state index is 10.7. The molecule has 1 aliphatic heterocycles. The van der Waals surface area contributed by atoms with Crippen molar-refractivity contribution in [2.75, 3.05) is 4.90 Å². The molecule has 4 rings (SSSR count). The van der Waals surface area contributed by atoms with Gasteiger partial charge in [0, 0.05) is 11.2 Å². The monoisotopic (exact) mass is 869 g/mol. The van der Waals surface area contributed by atoms with Crippen molar-refractivity contribution in [1.82, 2.24) is 0 Å². The predicted molar refractivity (Wildman–Crippen MR) is 187 cm³/mol. The van der Waals surface area contributed by atoms with Crippen LogP contribution in [0.25, 0.3) is 0 Å². The summed E-state index contributed by atoms with van der Waals surface area (Å²) in [6.07, 6.45) is 3.34. The predicted octanol–water partition coefficient (Wildman–Crippen LogP) is 9.77. The zero-order chi connectivity index (χ0) is 30.4. The van der Waals surface area contributed by atoms with Gasteiger partial charge >= 0.3 is 128 Å². The van der Waals surface area contributed by atoms with Gasteiger partial charge in [-0.25, -0.2) is 6.54 Å². The van der Waals surface area contributed by atoms with Gasteiger partial charge < -0.3 is 4.90 Å². The molecule has 1 saturated heterocycles. The Morgan fingerprint density at radius 2 is 1.63 bits per heavy atom. The minimum absolute atomic E-state index is 0.0627. The van der Waals surface area contributed by atoms with Crippen molar-refractivity contribution in [2.24, 2.45) is 0 Å². The average molecular weight is 869 g/mol. The standard InChI is InChI=1S/C23H30N.C10H11NO3.2HI.Ru/c1-6-18-12-11-13-19(7-2)21(18)24-17-23(5,16-22(24,3)4)20-14-9-8-10-15-20;1-7(2)14-10-5-4-9(11(12)13)6-8(10)3;;;/h8-15,17H,6-7,16H2,1-5H3;3-7H,1-2H3;2*1H;/q-1;;;;+2/p-2. The fourth-order valence-corrected chi connectivity index (χ4v) is 9.16. The largest absolute Gasteiger partial charge is 0.517 e. The molecule has 5 nitrogen and oxygen atoms in total. The van der Waals surface area contributed by atoms with E-state index in [0.29, 0.717) is 0 Å². The molecule has 3 aromatic carbocycles. The summed E-state index contributed by atoms with van der Waals surface area (Å²) in [5, 5.41) is 10.7. The molecule has 1 fully saturated rings. The van der Waals surface area contributed by atoms with E-state index in [2.05, 4.69) is 139 Å². The van der Waals surface area contributed by atoms with Gasteiger partial charge in [-0.3, -0.25) is 0 Å². The van der Waals surface area contributed by atoms with E-state index in [1.165, 1.54) is 28.4 Å². The van der Waals surface area contributed by atoms with Gasteiger partial charge in [0.05, 0.1) is 0 Å². The van der Waals surface area contributed by atoms with Crippen LogP contribution in [0.4, 0.5) is 11.4 Å². The minimum Gasteiger partial charge on any atom is -0.517 e. The van der Waals surface area contributed by atoms with E-state index in [-0.39, 0.29) is 27.7 Å². The van der Waals surface area contributed by atoms with E-state index in [0.717, 1.165) is 30.6 Å². The molecule has 3 aromatic rings. The first kappa shape index (κ1) is 34.1. The molecule has 224 valence electrons. The minimum atomic E-state index is -1.05. The molecular weight excluding hydrogens is 827 g/mol. The summed E-state index contributed by atoms with van der Waals surface area (Å²) in [4.78, 5) is 12.9. The van der Waals surface area contributed by atoms with Gasteiger partial charge in [0.2, 0.25) is 0 Å². The molecule has 0 N–H and O–H groups in total. The van der Waals surface area contributed by atoms with Crippen molar-refractivity contribution in [2.45, 2.75) is 84.8 Å². The van der Waals surface area contributed by atoms with Crippen molar-refractivity contribution in [3.8, 4) is 5.75 Å². The van der Waals surface area contributed by atoms with Crippen LogP contribution < -0.4 is 9.64 Å². The Morgan fingerprint density at radius 1 is 1.02 bits per heavy atom. The quantitative estimate of drug-likeness (QED) is 0.0745. The van der Waals surface area contributed by atoms with Crippen molar-refractivity contribution in [3.05, 3.63) is 106 Å². The molecule has 0 spiro atoms. The summed E-state index contributed by atoms with van der Waals surface area (Å²) in [5.74, 6) is 0.720. The van der Waals surface area contributed by atoms with Crippen LogP contribution in [0.3, 0.4) is 0 Å². The summed E-state index contributed by atoms with van der Waals surface area (Å²) in [6, 6.07) is 22.5. The first-order valence-corrected chi connectivity index (χ1v) is 25.3. The molecule has 1 atom stereocenters. The summed E-state index contributed by atoms with van der Waals surface area (Å²) in [6.45, 7) is 18.0. The van der Waals surface area contributed by atoms with Crippen molar-refractivity contribution < 1.29 is 18.1 Å². The number of non-ortho nitro benzene ring substituents is 1. The Labute approximate surface area is 272 Å². The van der Waals surface area contributed by atoms with Crippen LogP contribution in [0.15, 0.2) is 66.7 Å². The van der Waals surface area contributed by atoms with Crippen LogP contribution >= 0.6 is 39.5 Å². The molecule has 0 saturated carbocycles. The fraction of sp³-hybridized carbons (Fsp3) is 0.394. The van der Waals surface area contributed by atoms with E-state index in [9.17, 15) is 10.1 Å². The van der Waals surface area contributed by atoms with Crippen LogP contribution in [0, 0.1) is 16.7 Å². The number of para-hydroxylation sites is 1. The molecule has 0 aliphatic carbocycles. The number of rotatable bonds is 8. The van der Waals surface area contributed by atoms with Gasteiger partial charge in [-0.2, -0.15) is 0 Å². The summed E-state index contributed by atoms with van der Waals surface area (Å²) in [7, 11) is -1.05. The third-order valence-electron chi connectivity index (χ3n) is 7.26. The average Bonchev–Trinajstić information content (AvgIpc) is 3.18. The van der Waals surface area contributed by atoms with Gasteiger partial charge in [-0.15, -0.1) is 5.41 Å². The number of nitro benzene ring substituents is 1. The second kappa shape index (κ2) is 14.9. The molecule has 1 unspecified atom stereocenters. The molecule has 0 radical (unpaired) electrons. The Hall–Kier alpha value is -1.39. The van der Waals surface area contributed by atoms with Crippen LogP contribution in [0.2, 0.25) is 0 Å². The maximum Gasteiger partial charge on any atom is 0.0140 e. The van der Waals surface area contributed by atoms with E-state index in [1.807, 2.05) is 13.8 Å². The number of aryl methyl sites for hydroxylation is 2. The smallest absolute Gasteiger partial charge is 0.0140 e. The van der Waals surface area contributed by atoms with Gasteiger partial charge in [-0.1, -0.05) is 74.9 Å². The summed E-state index contributed by atoms with van der Waals surface area (Å²) >= 11 is 4.75. The molecule has 0 aromatic heterocycles. The zero-order valence-electron chi connectivity index (χ0n) is 24.9. The van der Waals surface area contributed by atoms with Crippen molar-refractivity contribution >= 4 is 55.5 Å². The van der Waals surface area contributed by atoms with Crippen molar-refractivity contribution in [3.63, 3.8) is 0 Å². The Kier molecular flexibility index (Phi) is 12.4. The van der Waals surface area contributed by atoms with Crippen molar-refractivity contribution in [1.29, 1.82) is 0 Å². The molecule has 1 heterocycles. The van der Waals surface area contributed by atoms with E-state index in [4.69, 9.17) is 4.74 Å². The van der Waals surface area contributed by atoms with E-state index in [1.54, 1.807) is 12.1 Å². The van der Waals surface area contributed by atoms with Gasteiger partial charge in [0.25, 0.3) is 0 Å². The normalized spacial score (nSPS) is 18.0. The number of nitro groups is 1. The first-order chi connectivity index (χ1) is 19.3. The van der Waals surface area contributed by atoms with E-state index >= 15 is 0 Å². The number of hydrogen-bond donors (Lipinski definition) is 0. The summed E-state index contributed by atoms with van der Waals surface area (Å²) in [5.41, 5.74) is 6.88. The second-order valence-corrected chi connectivity index (χ2v) is 31.2. The van der Waals surface area contributed by atoms with Crippen LogP contribution in [0.5, 0.6) is 5.75 Å². The topological polar surface area (TPSA) is 55.6 Å². The number of halogens is 2. The number of anilines is 1. The number of nitrogens with zero attached hydrogens (tertiary/aromatic N) is 2. The van der Waals surface area contributed by atoms with Crippen LogP contribution in [0.1, 0.15) is 77.1 Å². The number of benzene rings is 3. The molecule has 0 bridgehead atoms. The number of hydrogen-bond acceptors (Lipinski definition) is 4. The Bertz CT molecular complexity index is 1350. The Morgan fingerprint density at radius 3 is 2.15 bits per heavy atom. The first-order valence-electron chi connectivity index (χ1n) is 13.9. The molecule has 1 aliphatic rings. The molecule has 41 heavy (non-hydrogen) atoms. The zero-order valence-corrected chi connectivity index (χ0v) is 31.0. The molecule has 8 heteroatoms. The second-order valence-electron chi connectivity index (χ2n) is 11.4. The summed E-state index contributed by atoms with van der Waals surface area (Å²) < 4.78 is 7.72. The van der Waals surface area contributed by atoms with Crippen LogP contribution in [-0.2, 0) is 26.7 Å². The molecule has 0 amide bonds. The SMILES string of the molecule is CC(C)Oc1ccc([N+](=O)[O-])cc1[CH]=[Ru]([I])[I].CCc1cccc(CC)c1N1[CH-]C(C)(c2ccccc2)CC1(C)C. The number of ether oxygens (including phenoxy) is 1. The fourth-order valence-electron chi connectivity index (χ4n) is 5.55. The van der Waals surface area contributed by atoms with Crippen LogP contribution in [-0.4, -0.2) is 21.2 Å². The van der Waals surface area contributed by atoms with Gasteiger partial charge in [0.1, 0.15) is 0 Å².